The van der Waals surface area contributed by atoms with E-state index in [0.717, 1.165) is 32.5 Å². The zero-order valence-electron chi connectivity index (χ0n) is 8.49. The van der Waals surface area contributed by atoms with Crippen molar-refractivity contribution in [1.82, 2.24) is 0 Å². The molecule has 1 unspecified atom stereocenters. The minimum absolute atomic E-state index is 0.352. The second kappa shape index (κ2) is 3.42. The molecule has 1 aliphatic heterocycles. The lowest BCUT2D eigenvalue weighted by atomic mass is 9.92. The quantitative estimate of drug-likeness (QED) is 0.692. The van der Waals surface area contributed by atoms with Gasteiger partial charge in [-0.15, -0.1) is 0 Å². The van der Waals surface area contributed by atoms with E-state index in [-0.39, 0.29) is 5.60 Å². The fraction of sp³-hybridized carbons (Fsp3) is 0.900. The van der Waals surface area contributed by atoms with Crippen LogP contribution in [0.1, 0.15) is 26.2 Å². The molecule has 0 aromatic carbocycles. The predicted octanol–water partition coefficient (Wildman–Crippen LogP) is 1.29. The maximum Gasteiger partial charge on any atom is 0.405 e. The van der Waals surface area contributed by atoms with E-state index in [1.165, 1.54) is 0 Å². The van der Waals surface area contributed by atoms with Crippen LogP contribution in [-0.2, 0) is 9.47 Å². The van der Waals surface area contributed by atoms with Crippen molar-refractivity contribution in [3.63, 3.8) is 0 Å². The highest BCUT2D eigenvalue weighted by atomic mass is 16.6. The van der Waals surface area contributed by atoms with Gasteiger partial charge in [-0.1, -0.05) is 0 Å². The van der Waals surface area contributed by atoms with Crippen LogP contribution in [0.3, 0.4) is 0 Å². The first-order valence-electron chi connectivity index (χ1n) is 5.15. The molecule has 1 aliphatic carbocycles. The van der Waals surface area contributed by atoms with Gasteiger partial charge < -0.3 is 15.2 Å². The summed E-state index contributed by atoms with van der Waals surface area (Å²) in [4.78, 5) is 10.7. The zero-order chi connectivity index (χ0) is 10.2. The Morgan fingerprint density at radius 1 is 1.50 bits per heavy atom. The number of carbonyl (C=O) groups is 1. The standard InChI is InChI=1S/C10H17NO3/c1-10(14-9(11)12)4-7-2-3-13-6-8(7)5-10/h7-8H,2-6H2,1H3,(H2,11,12)/t7-,8-,10?/m0/s1. The maximum absolute atomic E-state index is 10.7. The molecule has 0 radical (unpaired) electrons. The Morgan fingerprint density at radius 2 is 2.21 bits per heavy atom. The number of fused-ring (bicyclic) bond motifs is 1. The molecule has 1 amide bonds. The minimum atomic E-state index is -0.660. The summed E-state index contributed by atoms with van der Waals surface area (Å²) in [6, 6.07) is 0. The summed E-state index contributed by atoms with van der Waals surface area (Å²) in [6.45, 7) is 3.62. The fourth-order valence-electron chi connectivity index (χ4n) is 2.85. The second-order valence-electron chi connectivity index (χ2n) is 4.66. The van der Waals surface area contributed by atoms with Gasteiger partial charge >= 0.3 is 6.09 Å². The third-order valence-electron chi connectivity index (χ3n) is 3.37. The van der Waals surface area contributed by atoms with Crippen molar-refractivity contribution in [2.75, 3.05) is 13.2 Å². The van der Waals surface area contributed by atoms with Crippen molar-refractivity contribution in [1.29, 1.82) is 0 Å². The largest absolute Gasteiger partial charge is 0.443 e. The molecular formula is C10H17NO3. The number of amides is 1. The van der Waals surface area contributed by atoms with Crippen LogP contribution in [0.4, 0.5) is 4.79 Å². The molecule has 0 spiro atoms. The second-order valence-corrected chi connectivity index (χ2v) is 4.66. The van der Waals surface area contributed by atoms with Crippen molar-refractivity contribution < 1.29 is 14.3 Å². The third-order valence-corrected chi connectivity index (χ3v) is 3.37. The Hall–Kier alpha value is -0.770. The molecule has 2 rings (SSSR count). The summed E-state index contributed by atoms with van der Waals surface area (Å²) < 4.78 is 10.6. The van der Waals surface area contributed by atoms with Gasteiger partial charge in [-0.05, 0) is 38.0 Å². The van der Waals surface area contributed by atoms with E-state index in [1.807, 2.05) is 6.92 Å². The smallest absolute Gasteiger partial charge is 0.405 e. The molecule has 2 N–H and O–H groups in total. The number of hydrogen-bond acceptors (Lipinski definition) is 3. The molecule has 4 heteroatoms. The van der Waals surface area contributed by atoms with Crippen LogP contribution in [0.15, 0.2) is 0 Å². The minimum Gasteiger partial charge on any atom is -0.443 e. The highest BCUT2D eigenvalue weighted by Gasteiger charge is 2.45. The van der Waals surface area contributed by atoms with Gasteiger partial charge in [-0.3, -0.25) is 0 Å². The SMILES string of the molecule is CC1(OC(N)=O)C[C@H]2COCC[C@H]2C1. The van der Waals surface area contributed by atoms with E-state index in [9.17, 15) is 4.79 Å². The molecule has 2 fully saturated rings. The van der Waals surface area contributed by atoms with Crippen LogP contribution in [-0.4, -0.2) is 24.9 Å². The number of rotatable bonds is 1. The summed E-state index contributed by atoms with van der Waals surface area (Å²) in [5.41, 5.74) is 4.70. The molecule has 4 nitrogen and oxygen atoms in total. The molecular weight excluding hydrogens is 182 g/mol. The molecule has 14 heavy (non-hydrogen) atoms. The topological polar surface area (TPSA) is 61.5 Å². The lowest BCUT2D eigenvalue weighted by molar-refractivity contribution is 0.0237. The van der Waals surface area contributed by atoms with Gasteiger partial charge in [0.25, 0.3) is 0 Å². The lowest BCUT2D eigenvalue weighted by Gasteiger charge is -2.24. The Kier molecular flexibility index (Phi) is 2.39. The van der Waals surface area contributed by atoms with Crippen LogP contribution in [0.25, 0.3) is 0 Å². The first-order chi connectivity index (χ1) is 6.59. The van der Waals surface area contributed by atoms with Gasteiger partial charge in [0.2, 0.25) is 0 Å². The van der Waals surface area contributed by atoms with Crippen molar-refractivity contribution in [2.45, 2.75) is 31.8 Å². The predicted molar refractivity (Wildman–Crippen MR) is 50.7 cm³/mol. The van der Waals surface area contributed by atoms with Crippen LogP contribution in [0.5, 0.6) is 0 Å². The molecule has 1 heterocycles. The maximum atomic E-state index is 10.7. The van der Waals surface area contributed by atoms with Crippen LogP contribution in [0, 0.1) is 11.8 Å². The average molecular weight is 199 g/mol. The number of hydrogen-bond donors (Lipinski definition) is 1. The van der Waals surface area contributed by atoms with Gasteiger partial charge in [0.15, 0.2) is 0 Å². The van der Waals surface area contributed by atoms with E-state index in [1.54, 1.807) is 0 Å². The summed E-state index contributed by atoms with van der Waals surface area (Å²) in [7, 11) is 0. The normalized spacial score (nSPS) is 41.8. The molecule has 1 saturated carbocycles. The lowest BCUT2D eigenvalue weighted by Crippen LogP contribution is -2.31. The van der Waals surface area contributed by atoms with Crippen molar-refractivity contribution >= 4 is 6.09 Å². The Morgan fingerprint density at radius 3 is 2.86 bits per heavy atom. The highest BCUT2D eigenvalue weighted by Crippen LogP contribution is 2.44. The van der Waals surface area contributed by atoms with E-state index < -0.39 is 6.09 Å². The molecule has 0 aromatic rings. The monoisotopic (exact) mass is 199 g/mol. The average Bonchev–Trinajstić information content (AvgIpc) is 2.38. The highest BCUT2D eigenvalue weighted by molar-refractivity contribution is 5.65. The number of carbonyl (C=O) groups excluding carboxylic acids is 1. The molecule has 1 saturated heterocycles. The van der Waals surface area contributed by atoms with Gasteiger partial charge in [0.05, 0.1) is 0 Å². The zero-order valence-corrected chi connectivity index (χ0v) is 8.49. The third kappa shape index (κ3) is 1.85. The molecule has 2 aliphatic rings. The van der Waals surface area contributed by atoms with Crippen molar-refractivity contribution in [3.05, 3.63) is 0 Å². The van der Waals surface area contributed by atoms with E-state index in [2.05, 4.69) is 0 Å². The molecule has 0 aromatic heterocycles. The summed E-state index contributed by atoms with van der Waals surface area (Å²) in [5.74, 6) is 1.20. The first-order valence-corrected chi connectivity index (χ1v) is 5.15. The van der Waals surface area contributed by atoms with E-state index in [0.29, 0.717) is 11.8 Å². The Labute approximate surface area is 83.7 Å². The fourth-order valence-corrected chi connectivity index (χ4v) is 2.85. The van der Waals surface area contributed by atoms with Crippen molar-refractivity contribution in [2.24, 2.45) is 17.6 Å². The van der Waals surface area contributed by atoms with E-state index >= 15 is 0 Å². The van der Waals surface area contributed by atoms with Gasteiger partial charge in [-0.25, -0.2) is 4.79 Å². The summed E-state index contributed by atoms with van der Waals surface area (Å²) >= 11 is 0. The first kappa shape index (κ1) is 9.77. The Bertz CT molecular complexity index is 228. The summed E-state index contributed by atoms with van der Waals surface area (Å²) in [5, 5.41) is 0. The molecule has 0 bridgehead atoms. The van der Waals surface area contributed by atoms with Crippen molar-refractivity contribution in [3.8, 4) is 0 Å². The number of ether oxygens (including phenoxy) is 2. The Balaban J connectivity index is 2.00. The van der Waals surface area contributed by atoms with Crippen LogP contribution < -0.4 is 5.73 Å². The molecule has 80 valence electrons. The summed E-state index contributed by atoms with van der Waals surface area (Å²) in [6.07, 6.45) is 2.25. The van der Waals surface area contributed by atoms with E-state index in [4.69, 9.17) is 15.2 Å². The van der Waals surface area contributed by atoms with Crippen LogP contribution >= 0.6 is 0 Å². The number of primary amides is 1. The molecule has 3 atom stereocenters. The van der Waals surface area contributed by atoms with Gasteiger partial charge in [0, 0.05) is 13.2 Å². The van der Waals surface area contributed by atoms with Crippen LogP contribution in [0.2, 0.25) is 0 Å². The number of nitrogens with two attached hydrogens (primary N) is 1. The van der Waals surface area contributed by atoms with Gasteiger partial charge in [-0.2, -0.15) is 0 Å². The van der Waals surface area contributed by atoms with Gasteiger partial charge in [0.1, 0.15) is 5.60 Å².